The highest BCUT2D eigenvalue weighted by molar-refractivity contribution is 7.10. The maximum atomic E-state index is 12.6. The van der Waals surface area contributed by atoms with E-state index in [1.165, 1.54) is 0 Å². The van der Waals surface area contributed by atoms with E-state index in [9.17, 15) is 26.7 Å². The van der Waals surface area contributed by atoms with Gasteiger partial charge < -0.3 is 5.11 Å². The number of halogens is 5. The third kappa shape index (κ3) is 2.09. The Hall–Kier alpha value is -1.18. The molecule has 0 unspecified atom stereocenters. The van der Waals surface area contributed by atoms with Crippen molar-refractivity contribution in [3.63, 3.8) is 0 Å². The van der Waals surface area contributed by atoms with Crippen molar-refractivity contribution in [2.24, 2.45) is 0 Å². The molecule has 1 N–H and O–H groups in total. The maximum Gasteiger partial charge on any atom is 0.458 e. The number of thiophene rings is 1. The largest absolute Gasteiger partial charge is 0.478 e. The number of aromatic carboxylic acids is 1. The predicted octanol–water partition coefficient (Wildman–Crippen LogP) is 3.10. The van der Waals surface area contributed by atoms with Crippen LogP contribution < -0.4 is 0 Å². The molecule has 0 saturated carbocycles. The second kappa shape index (κ2) is 3.44. The van der Waals surface area contributed by atoms with Crippen LogP contribution in [0.3, 0.4) is 0 Å². The smallest absolute Gasteiger partial charge is 0.458 e. The summed E-state index contributed by atoms with van der Waals surface area (Å²) in [5.74, 6) is -6.55. The first-order valence-electron chi connectivity index (χ1n) is 3.43. The van der Waals surface area contributed by atoms with Gasteiger partial charge in [-0.05, 0) is 6.07 Å². The summed E-state index contributed by atoms with van der Waals surface area (Å²) < 4.78 is 60.8. The van der Waals surface area contributed by atoms with E-state index in [1.54, 1.807) is 0 Å². The molecule has 1 rings (SSSR count). The number of carboxylic acids is 1. The molecule has 0 fully saturated rings. The minimum Gasteiger partial charge on any atom is -0.478 e. The highest BCUT2D eigenvalue weighted by atomic mass is 32.1. The van der Waals surface area contributed by atoms with Crippen LogP contribution in [0, 0.1) is 0 Å². The molecule has 0 aliphatic heterocycles. The van der Waals surface area contributed by atoms with Crippen LogP contribution in [-0.4, -0.2) is 17.3 Å². The van der Waals surface area contributed by atoms with Crippen LogP contribution in [0.5, 0.6) is 0 Å². The van der Waals surface area contributed by atoms with Crippen LogP contribution in [0.15, 0.2) is 11.4 Å². The molecule has 0 bridgehead atoms. The van der Waals surface area contributed by atoms with Crippen molar-refractivity contribution in [3.8, 4) is 0 Å². The predicted molar refractivity (Wildman–Crippen MR) is 41.2 cm³/mol. The van der Waals surface area contributed by atoms with E-state index in [1.807, 2.05) is 0 Å². The lowest BCUT2D eigenvalue weighted by molar-refractivity contribution is -0.287. The average molecular weight is 246 g/mol. The standard InChI is InChI=1S/C7H3F5O2S/c8-6(9,7(10,11)12)4-1-3(2-15-4)5(13)14/h1-2H,(H,13,14). The SMILES string of the molecule is O=C(O)c1csc(C(F)(F)C(F)(F)F)c1. The van der Waals surface area contributed by atoms with Gasteiger partial charge in [-0.2, -0.15) is 22.0 Å². The van der Waals surface area contributed by atoms with Gasteiger partial charge in [0.1, 0.15) is 0 Å². The molecule has 0 atom stereocenters. The summed E-state index contributed by atoms with van der Waals surface area (Å²) in [6, 6.07) is 0.320. The van der Waals surface area contributed by atoms with Crippen molar-refractivity contribution in [1.82, 2.24) is 0 Å². The van der Waals surface area contributed by atoms with Gasteiger partial charge in [-0.15, -0.1) is 11.3 Å². The molecule has 0 aliphatic carbocycles. The molecular weight excluding hydrogens is 243 g/mol. The van der Waals surface area contributed by atoms with Gasteiger partial charge in [0.15, 0.2) is 0 Å². The summed E-state index contributed by atoms with van der Waals surface area (Å²) in [5.41, 5.74) is -0.584. The van der Waals surface area contributed by atoms with Gasteiger partial charge in [0.05, 0.1) is 10.4 Å². The fraction of sp³-hybridized carbons (Fsp3) is 0.286. The van der Waals surface area contributed by atoms with Gasteiger partial charge in [-0.25, -0.2) is 4.79 Å². The summed E-state index contributed by atoms with van der Waals surface area (Å²) in [4.78, 5) is 8.94. The second-order valence-electron chi connectivity index (χ2n) is 2.58. The Balaban J connectivity index is 3.11. The minimum atomic E-state index is -5.71. The Morgan fingerprint density at radius 2 is 1.80 bits per heavy atom. The molecule has 1 aromatic heterocycles. The normalized spacial score (nSPS) is 12.9. The van der Waals surface area contributed by atoms with Gasteiger partial charge in [-0.3, -0.25) is 0 Å². The zero-order valence-corrected chi connectivity index (χ0v) is 7.62. The Bertz CT molecular complexity index is 381. The molecule has 8 heteroatoms. The fourth-order valence-corrected chi connectivity index (χ4v) is 1.63. The molecule has 15 heavy (non-hydrogen) atoms. The highest BCUT2D eigenvalue weighted by Crippen LogP contribution is 2.45. The summed E-state index contributed by atoms with van der Waals surface area (Å²) in [7, 11) is 0. The molecule has 1 heterocycles. The monoisotopic (exact) mass is 246 g/mol. The number of rotatable bonds is 2. The van der Waals surface area contributed by atoms with E-state index in [0.29, 0.717) is 6.07 Å². The van der Waals surface area contributed by atoms with Crippen molar-refractivity contribution >= 4 is 17.3 Å². The van der Waals surface area contributed by atoms with E-state index in [2.05, 4.69) is 0 Å². The molecular formula is C7H3F5O2S. The molecule has 0 amide bonds. The molecule has 1 aromatic rings. The third-order valence-corrected chi connectivity index (χ3v) is 2.51. The fourth-order valence-electron chi connectivity index (χ4n) is 0.753. The lowest BCUT2D eigenvalue weighted by Crippen LogP contribution is -2.32. The van der Waals surface area contributed by atoms with Crippen molar-refractivity contribution in [2.45, 2.75) is 12.1 Å². The third-order valence-electron chi connectivity index (χ3n) is 1.51. The quantitative estimate of drug-likeness (QED) is 0.814. The molecule has 0 aromatic carbocycles. The first-order chi connectivity index (χ1) is 6.66. The van der Waals surface area contributed by atoms with Gasteiger partial charge in [-0.1, -0.05) is 0 Å². The molecule has 0 saturated heterocycles. The van der Waals surface area contributed by atoms with Gasteiger partial charge in [0.25, 0.3) is 0 Å². The zero-order chi connectivity index (χ0) is 11.9. The lowest BCUT2D eigenvalue weighted by atomic mass is 10.2. The van der Waals surface area contributed by atoms with E-state index in [-0.39, 0.29) is 11.3 Å². The first kappa shape index (κ1) is 11.9. The summed E-state index contributed by atoms with van der Waals surface area (Å²) in [6.07, 6.45) is -5.71. The van der Waals surface area contributed by atoms with E-state index in [4.69, 9.17) is 5.11 Å². The molecule has 0 radical (unpaired) electrons. The van der Waals surface area contributed by atoms with Gasteiger partial charge in [0, 0.05) is 5.38 Å². The number of carbonyl (C=O) groups is 1. The topological polar surface area (TPSA) is 37.3 Å². The summed E-state index contributed by atoms with van der Waals surface area (Å²) >= 11 is 0.0609. The van der Waals surface area contributed by atoms with Gasteiger partial charge in [0.2, 0.25) is 0 Å². The number of alkyl halides is 5. The van der Waals surface area contributed by atoms with Crippen LogP contribution in [-0.2, 0) is 5.92 Å². The maximum absolute atomic E-state index is 12.6. The minimum absolute atomic E-state index is 0.0609. The van der Waals surface area contributed by atoms with Crippen LogP contribution in [0.25, 0.3) is 0 Å². The van der Waals surface area contributed by atoms with Crippen LogP contribution >= 0.6 is 11.3 Å². The van der Waals surface area contributed by atoms with Crippen LogP contribution in [0.2, 0.25) is 0 Å². The van der Waals surface area contributed by atoms with Crippen molar-refractivity contribution in [2.75, 3.05) is 0 Å². The van der Waals surface area contributed by atoms with E-state index >= 15 is 0 Å². The van der Waals surface area contributed by atoms with Crippen LogP contribution in [0.1, 0.15) is 15.2 Å². The lowest BCUT2D eigenvalue weighted by Gasteiger charge is -2.17. The number of hydrogen-bond acceptors (Lipinski definition) is 2. The first-order valence-corrected chi connectivity index (χ1v) is 4.31. The van der Waals surface area contributed by atoms with E-state index < -0.39 is 28.5 Å². The van der Waals surface area contributed by atoms with Crippen molar-refractivity contribution in [3.05, 3.63) is 21.9 Å². The molecule has 2 nitrogen and oxygen atoms in total. The Labute approximate surface area is 84.0 Å². The Morgan fingerprint density at radius 3 is 2.13 bits per heavy atom. The molecule has 0 aliphatic rings. The Morgan fingerprint density at radius 1 is 1.27 bits per heavy atom. The summed E-state index contributed by atoms with van der Waals surface area (Å²) in [5, 5.41) is 9.08. The van der Waals surface area contributed by atoms with Crippen molar-refractivity contribution in [1.29, 1.82) is 0 Å². The second-order valence-corrected chi connectivity index (χ2v) is 3.49. The van der Waals surface area contributed by atoms with Crippen LogP contribution in [0.4, 0.5) is 22.0 Å². The number of carboxylic acid groups (broad SMARTS) is 1. The molecule has 0 spiro atoms. The molecule has 84 valence electrons. The number of hydrogen-bond donors (Lipinski definition) is 1. The highest BCUT2D eigenvalue weighted by Gasteiger charge is 2.59. The van der Waals surface area contributed by atoms with Gasteiger partial charge >= 0.3 is 18.1 Å². The summed E-state index contributed by atoms with van der Waals surface area (Å²) in [6.45, 7) is 0. The van der Waals surface area contributed by atoms with Crippen molar-refractivity contribution < 1.29 is 31.9 Å². The van der Waals surface area contributed by atoms with E-state index in [0.717, 1.165) is 5.38 Å². The zero-order valence-electron chi connectivity index (χ0n) is 6.81. The Kier molecular flexibility index (Phi) is 2.73. The average Bonchev–Trinajstić information content (AvgIpc) is 2.49.